The van der Waals surface area contributed by atoms with Crippen LogP contribution < -0.4 is 10.6 Å². The summed E-state index contributed by atoms with van der Waals surface area (Å²) in [6.07, 6.45) is 4.98. The molecule has 2 bridgehead atoms. The fourth-order valence-electron chi connectivity index (χ4n) is 3.40. The number of nitrogens with zero attached hydrogens (tertiary/aromatic N) is 1. The van der Waals surface area contributed by atoms with Gasteiger partial charge in [-0.1, -0.05) is 6.07 Å². The molecule has 1 aromatic heterocycles. The molecule has 118 valence electrons. The molecule has 4 nitrogen and oxygen atoms in total. The average molecular weight is 330 g/mol. The zero-order chi connectivity index (χ0) is 13.9. The largest absolute Gasteiger partial charge is 0.350 e. The summed E-state index contributed by atoms with van der Waals surface area (Å²) in [5.41, 5.74) is 0. The van der Waals surface area contributed by atoms with Crippen molar-refractivity contribution in [1.29, 1.82) is 0 Å². The average Bonchev–Trinajstić information content (AvgIpc) is 3.06. The fourth-order valence-corrected chi connectivity index (χ4v) is 4.04. The highest BCUT2D eigenvalue weighted by Crippen LogP contribution is 2.29. The normalized spacial score (nSPS) is 27.4. The Hall–Kier alpha value is -0.620. The Morgan fingerprint density at radius 1 is 1.43 bits per heavy atom. The Labute approximate surface area is 136 Å². The zero-order valence-electron chi connectivity index (χ0n) is 12.4. The molecule has 2 aliphatic heterocycles. The minimum atomic E-state index is 0. The summed E-state index contributed by atoms with van der Waals surface area (Å²) in [6, 6.07) is 5.98. The predicted octanol–water partition coefficient (Wildman–Crippen LogP) is 2.00. The number of piperidine rings is 1. The van der Waals surface area contributed by atoms with E-state index in [1.54, 1.807) is 11.3 Å². The Morgan fingerprint density at radius 3 is 2.76 bits per heavy atom. The second-order valence-corrected chi connectivity index (χ2v) is 7.07. The number of nitrogens with one attached hydrogen (secondary N) is 2. The summed E-state index contributed by atoms with van der Waals surface area (Å²) in [5.74, 6) is 0.131. The molecule has 3 rings (SSSR count). The second-order valence-electron chi connectivity index (χ2n) is 6.03. The Balaban J connectivity index is 0.00000161. The number of halogens is 1. The Bertz CT molecular complexity index is 442. The first-order chi connectivity index (χ1) is 9.70. The fraction of sp³-hybridized carbons (Fsp3) is 0.667. The molecule has 2 aliphatic rings. The van der Waals surface area contributed by atoms with E-state index in [-0.39, 0.29) is 18.3 Å². The maximum atomic E-state index is 12.0. The van der Waals surface area contributed by atoms with E-state index in [2.05, 4.69) is 28.6 Å². The van der Waals surface area contributed by atoms with Crippen LogP contribution in [0.1, 0.15) is 30.6 Å². The highest BCUT2D eigenvalue weighted by molar-refractivity contribution is 7.09. The maximum Gasteiger partial charge on any atom is 0.234 e. The first-order valence-electron chi connectivity index (χ1n) is 7.46. The van der Waals surface area contributed by atoms with Crippen LogP contribution in [0.25, 0.3) is 0 Å². The number of thiophene rings is 1. The van der Waals surface area contributed by atoms with Crippen LogP contribution in [0, 0.1) is 0 Å². The molecule has 2 atom stereocenters. The van der Waals surface area contributed by atoms with E-state index in [1.807, 2.05) is 11.4 Å². The van der Waals surface area contributed by atoms with Crippen molar-refractivity contribution in [3.8, 4) is 0 Å². The van der Waals surface area contributed by atoms with E-state index in [0.717, 1.165) is 0 Å². The van der Waals surface area contributed by atoms with Crippen molar-refractivity contribution in [2.24, 2.45) is 0 Å². The van der Waals surface area contributed by atoms with Crippen LogP contribution in [0.4, 0.5) is 0 Å². The van der Waals surface area contributed by atoms with Gasteiger partial charge >= 0.3 is 0 Å². The summed E-state index contributed by atoms with van der Waals surface area (Å²) < 4.78 is 0. The van der Waals surface area contributed by atoms with Gasteiger partial charge in [-0.2, -0.15) is 0 Å². The van der Waals surface area contributed by atoms with E-state index < -0.39 is 0 Å². The predicted molar refractivity (Wildman–Crippen MR) is 89.0 cm³/mol. The molecule has 2 saturated heterocycles. The Kier molecular flexibility index (Phi) is 6.05. The van der Waals surface area contributed by atoms with Gasteiger partial charge in [0, 0.05) is 23.0 Å². The number of fused-ring (bicyclic) bond motifs is 2. The number of likely N-dealkylation sites (N-methyl/N-ethyl adjacent to an activating group) is 1. The Morgan fingerprint density at radius 2 is 2.14 bits per heavy atom. The van der Waals surface area contributed by atoms with Crippen LogP contribution in [0.5, 0.6) is 0 Å². The monoisotopic (exact) mass is 329 g/mol. The van der Waals surface area contributed by atoms with E-state index >= 15 is 0 Å². The lowest BCUT2D eigenvalue weighted by atomic mass is 9.98. The van der Waals surface area contributed by atoms with Gasteiger partial charge in [-0.05, 0) is 44.2 Å². The maximum absolute atomic E-state index is 12.0. The number of carbonyl (C=O) groups excluding carboxylic acids is 1. The molecule has 3 heterocycles. The summed E-state index contributed by atoms with van der Waals surface area (Å²) >= 11 is 1.68. The topological polar surface area (TPSA) is 44.4 Å². The third kappa shape index (κ3) is 4.42. The van der Waals surface area contributed by atoms with Crippen molar-refractivity contribution in [1.82, 2.24) is 15.5 Å². The quantitative estimate of drug-likeness (QED) is 0.868. The molecular formula is C15H24ClN3OS. The van der Waals surface area contributed by atoms with Crippen molar-refractivity contribution in [3.05, 3.63) is 22.4 Å². The molecule has 2 unspecified atom stereocenters. The molecule has 0 radical (unpaired) electrons. The molecule has 0 spiro atoms. The molecule has 2 fully saturated rings. The van der Waals surface area contributed by atoms with E-state index in [4.69, 9.17) is 0 Å². The van der Waals surface area contributed by atoms with Crippen LogP contribution in [0.15, 0.2) is 17.5 Å². The third-order valence-electron chi connectivity index (χ3n) is 4.50. The van der Waals surface area contributed by atoms with Gasteiger partial charge in [0.25, 0.3) is 0 Å². The second kappa shape index (κ2) is 7.58. The van der Waals surface area contributed by atoms with E-state index in [0.29, 0.717) is 31.2 Å². The number of amides is 1. The van der Waals surface area contributed by atoms with Crippen molar-refractivity contribution >= 4 is 29.7 Å². The summed E-state index contributed by atoms with van der Waals surface area (Å²) in [7, 11) is 2.08. The molecule has 1 amide bonds. The first-order valence-corrected chi connectivity index (χ1v) is 8.34. The van der Waals surface area contributed by atoms with Crippen LogP contribution >= 0.6 is 23.7 Å². The molecule has 6 heteroatoms. The highest BCUT2D eigenvalue weighted by atomic mass is 35.5. The van der Waals surface area contributed by atoms with Gasteiger partial charge in [0.1, 0.15) is 0 Å². The van der Waals surface area contributed by atoms with Crippen molar-refractivity contribution in [3.63, 3.8) is 0 Å². The third-order valence-corrected chi connectivity index (χ3v) is 5.38. The molecule has 0 saturated carbocycles. The summed E-state index contributed by atoms with van der Waals surface area (Å²) in [4.78, 5) is 15.4. The molecular weight excluding hydrogens is 306 g/mol. The minimum Gasteiger partial charge on any atom is -0.350 e. The van der Waals surface area contributed by atoms with Gasteiger partial charge in [0.15, 0.2) is 0 Å². The van der Waals surface area contributed by atoms with Gasteiger partial charge in [0.2, 0.25) is 5.91 Å². The van der Waals surface area contributed by atoms with Crippen molar-refractivity contribution in [2.75, 3.05) is 13.6 Å². The summed E-state index contributed by atoms with van der Waals surface area (Å²) in [6.45, 7) is 1.16. The molecule has 2 N–H and O–H groups in total. The minimum absolute atomic E-state index is 0. The van der Waals surface area contributed by atoms with E-state index in [9.17, 15) is 4.79 Å². The molecule has 0 aliphatic carbocycles. The van der Waals surface area contributed by atoms with Gasteiger partial charge in [-0.25, -0.2) is 0 Å². The molecule has 21 heavy (non-hydrogen) atoms. The number of carbonyl (C=O) groups is 1. The van der Waals surface area contributed by atoms with Gasteiger partial charge in [-0.15, -0.1) is 23.7 Å². The van der Waals surface area contributed by atoms with Crippen LogP contribution in [0.2, 0.25) is 0 Å². The smallest absolute Gasteiger partial charge is 0.234 e. The van der Waals surface area contributed by atoms with Gasteiger partial charge < -0.3 is 10.6 Å². The van der Waals surface area contributed by atoms with Gasteiger partial charge in [0.05, 0.1) is 13.1 Å². The molecule has 0 aromatic carbocycles. The number of hydrogen-bond acceptors (Lipinski definition) is 4. The number of rotatable bonds is 5. The lowest BCUT2D eigenvalue weighted by Gasteiger charge is -2.35. The van der Waals surface area contributed by atoms with Crippen LogP contribution in [-0.2, 0) is 11.3 Å². The molecule has 1 aromatic rings. The lowest BCUT2D eigenvalue weighted by molar-refractivity contribution is -0.122. The van der Waals surface area contributed by atoms with E-state index in [1.165, 1.54) is 30.6 Å². The zero-order valence-corrected chi connectivity index (χ0v) is 14.0. The highest BCUT2D eigenvalue weighted by Gasteiger charge is 2.35. The lowest BCUT2D eigenvalue weighted by Crippen LogP contribution is -2.49. The SMILES string of the molecule is CN(CC(=O)NCc1cccs1)C1CC2CCC(C1)N2.Cl. The van der Waals surface area contributed by atoms with Crippen molar-refractivity contribution < 1.29 is 4.79 Å². The van der Waals surface area contributed by atoms with Crippen LogP contribution in [0.3, 0.4) is 0 Å². The number of hydrogen-bond donors (Lipinski definition) is 2. The standard InChI is InChI=1S/C15H23N3OS.ClH/c1-18(13-7-11-4-5-12(8-13)17-11)10-15(19)16-9-14-3-2-6-20-14;/h2-3,6,11-13,17H,4-5,7-10H2,1H3,(H,16,19);1H. The van der Waals surface area contributed by atoms with Crippen molar-refractivity contribution in [2.45, 2.75) is 50.4 Å². The van der Waals surface area contributed by atoms with Gasteiger partial charge in [-0.3, -0.25) is 9.69 Å². The van der Waals surface area contributed by atoms with Crippen LogP contribution in [-0.4, -0.2) is 42.5 Å². The summed E-state index contributed by atoms with van der Waals surface area (Å²) in [5, 5.41) is 8.69. The first kappa shape index (κ1) is 16.7.